The van der Waals surface area contributed by atoms with Crippen LogP contribution in [0.1, 0.15) is 18.5 Å². The second kappa shape index (κ2) is 8.59. The van der Waals surface area contributed by atoms with Crippen molar-refractivity contribution < 1.29 is 19.0 Å². The van der Waals surface area contributed by atoms with Gasteiger partial charge >= 0.3 is 5.97 Å². The summed E-state index contributed by atoms with van der Waals surface area (Å²) in [5.41, 5.74) is 2.88. The molecule has 4 rings (SSSR count). The van der Waals surface area contributed by atoms with Crippen LogP contribution in [0, 0.1) is 0 Å². The van der Waals surface area contributed by atoms with E-state index in [0.717, 1.165) is 11.3 Å². The molecule has 0 bridgehead atoms. The van der Waals surface area contributed by atoms with Gasteiger partial charge in [0.2, 0.25) is 0 Å². The highest BCUT2D eigenvalue weighted by molar-refractivity contribution is 7.80. The number of nitrogens with zero attached hydrogens (tertiary/aromatic N) is 1. The van der Waals surface area contributed by atoms with Crippen molar-refractivity contribution in [2.24, 2.45) is 0 Å². The lowest BCUT2D eigenvalue weighted by molar-refractivity contribution is -0.138. The number of hydrogen-bond donors (Lipinski definition) is 1. The van der Waals surface area contributed by atoms with E-state index in [4.69, 9.17) is 26.4 Å². The van der Waals surface area contributed by atoms with Crippen LogP contribution in [0.15, 0.2) is 72.5 Å². The summed E-state index contributed by atoms with van der Waals surface area (Å²) in [6.07, 6.45) is 1.55. The average Bonchev–Trinajstić information content (AvgIpc) is 2.77. The number of benzene rings is 2. The van der Waals surface area contributed by atoms with Crippen LogP contribution in [0.5, 0.6) is 11.5 Å². The molecule has 30 heavy (non-hydrogen) atoms. The summed E-state index contributed by atoms with van der Waals surface area (Å²) in [6, 6.07) is 14.9. The van der Waals surface area contributed by atoms with E-state index in [2.05, 4.69) is 11.9 Å². The van der Waals surface area contributed by atoms with Crippen molar-refractivity contribution in [2.45, 2.75) is 13.0 Å². The topological polar surface area (TPSA) is 60.0 Å². The summed E-state index contributed by atoms with van der Waals surface area (Å²) in [5.74, 6) is 0.921. The van der Waals surface area contributed by atoms with E-state index in [1.807, 2.05) is 60.4 Å². The standard InChI is InChI=1S/C23H22N2O4S/c1-3-11-29-22(26)20-15(2)25(17-9-10-18-19(14-17)28-13-12-27-18)23(30)24-21(20)16-7-5-4-6-8-16/h3-10,14,21H,1,11-13H2,2H3,(H,24,30)/t21-/m1/s1. The quantitative estimate of drug-likeness (QED) is 0.446. The molecule has 0 aromatic heterocycles. The predicted octanol–water partition coefficient (Wildman–Crippen LogP) is 3.90. The molecule has 2 aromatic carbocycles. The Labute approximate surface area is 180 Å². The van der Waals surface area contributed by atoms with Gasteiger partial charge in [-0.3, -0.25) is 4.90 Å². The van der Waals surface area contributed by atoms with Crippen molar-refractivity contribution in [3.63, 3.8) is 0 Å². The van der Waals surface area contributed by atoms with E-state index in [1.165, 1.54) is 0 Å². The normalized spacial score (nSPS) is 18.0. The molecule has 7 heteroatoms. The predicted molar refractivity (Wildman–Crippen MR) is 119 cm³/mol. The molecule has 0 aliphatic carbocycles. The Hall–Kier alpha value is -3.32. The SMILES string of the molecule is C=CCOC(=O)C1=C(C)N(c2ccc3c(c2)OCCO3)C(=S)N[C@@H]1c1ccccc1. The number of ether oxygens (including phenoxy) is 3. The van der Waals surface area contributed by atoms with E-state index in [0.29, 0.717) is 41.1 Å². The van der Waals surface area contributed by atoms with Crippen molar-refractivity contribution in [2.75, 3.05) is 24.7 Å². The van der Waals surface area contributed by atoms with Gasteiger partial charge in [0.25, 0.3) is 0 Å². The number of hydrogen-bond acceptors (Lipinski definition) is 5. The first kappa shape index (κ1) is 20.0. The van der Waals surface area contributed by atoms with Crippen molar-refractivity contribution in [1.29, 1.82) is 0 Å². The van der Waals surface area contributed by atoms with E-state index in [9.17, 15) is 4.79 Å². The maximum Gasteiger partial charge on any atom is 0.338 e. The Morgan fingerprint density at radius 3 is 2.70 bits per heavy atom. The molecular weight excluding hydrogens is 400 g/mol. The number of esters is 1. The minimum Gasteiger partial charge on any atom is -0.486 e. The number of carbonyl (C=O) groups is 1. The van der Waals surface area contributed by atoms with Gasteiger partial charge in [-0.05, 0) is 36.8 Å². The van der Waals surface area contributed by atoms with Crippen molar-refractivity contribution >= 4 is 29.0 Å². The minimum atomic E-state index is -0.418. The van der Waals surface area contributed by atoms with Gasteiger partial charge in [0.1, 0.15) is 19.8 Å². The first-order valence-corrected chi connectivity index (χ1v) is 10.0. The number of rotatable bonds is 5. The van der Waals surface area contributed by atoms with Gasteiger partial charge in [0, 0.05) is 11.8 Å². The van der Waals surface area contributed by atoms with E-state index >= 15 is 0 Å². The Balaban J connectivity index is 1.79. The van der Waals surface area contributed by atoms with E-state index in [1.54, 1.807) is 6.08 Å². The van der Waals surface area contributed by atoms with Gasteiger partial charge in [-0.2, -0.15) is 0 Å². The first-order chi connectivity index (χ1) is 14.6. The zero-order valence-corrected chi connectivity index (χ0v) is 17.4. The van der Waals surface area contributed by atoms with Gasteiger partial charge in [-0.1, -0.05) is 43.0 Å². The molecule has 2 aliphatic rings. The highest BCUT2D eigenvalue weighted by Gasteiger charge is 2.35. The molecule has 1 N–H and O–H groups in total. The number of nitrogens with one attached hydrogen (secondary N) is 1. The summed E-state index contributed by atoms with van der Waals surface area (Å²) in [7, 11) is 0. The second-order valence-corrected chi connectivity index (χ2v) is 7.23. The molecule has 0 fully saturated rings. The molecule has 154 valence electrons. The molecule has 0 saturated heterocycles. The molecular formula is C23H22N2O4S. The number of carbonyl (C=O) groups excluding carboxylic acids is 1. The average molecular weight is 423 g/mol. The number of allylic oxidation sites excluding steroid dienone is 1. The first-order valence-electron chi connectivity index (χ1n) is 9.64. The summed E-state index contributed by atoms with van der Waals surface area (Å²) in [5, 5.41) is 3.78. The third-order valence-electron chi connectivity index (χ3n) is 4.95. The highest BCUT2D eigenvalue weighted by Crippen LogP contribution is 2.38. The zero-order chi connectivity index (χ0) is 21.1. The van der Waals surface area contributed by atoms with Gasteiger partial charge in [0.15, 0.2) is 16.6 Å². The van der Waals surface area contributed by atoms with E-state index in [-0.39, 0.29) is 6.61 Å². The third-order valence-corrected chi connectivity index (χ3v) is 5.25. The Kier molecular flexibility index (Phi) is 5.72. The minimum absolute atomic E-state index is 0.131. The summed E-state index contributed by atoms with van der Waals surface area (Å²) in [4.78, 5) is 14.8. The Bertz CT molecular complexity index is 1020. The highest BCUT2D eigenvalue weighted by atomic mass is 32.1. The smallest absolute Gasteiger partial charge is 0.338 e. The van der Waals surface area contributed by atoms with Crippen LogP contribution in [0.3, 0.4) is 0 Å². The number of fused-ring (bicyclic) bond motifs is 1. The third kappa shape index (κ3) is 3.76. The molecule has 6 nitrogen and oxygen atoms in total. The fourth-order valence-electron chi connectivity index (χ4n) is 3.60. The lowest BCUT2D eigenvalue weighted by Gasteiger charge is -2.37. The molecule has 0 unspecified atom stereocenters. The number of thiocarbonyl (C=S) groups is 1. The van der Waals surface area contributed by atoms with Crippen molar-refractivity contribution in [3.05, 3.63) is 78.0 Å². The monoisotopic (exact) mass is 422 g/mol. The van der Waals surface area contributed by atoms with Crippen LogP contribution < -0.4 is 19.7 Å². The van der Waals surface area contributed by atoms with Crippen LogP contribution in [0.2, 0.25) is 0 Å². The van der Waals surface area contributed by atoms with Crippen LogP contribution in [-0.2, 0) is 9.53 Å². The fourth-order valence-corrected chi connectivity index (χ4v) is 3.96. The summed E-state index contributed by atoms with van der Waals surface area (Å²) < 4.78 is 16.7. The molecule has 1 atom stereocenters. The lowest BCUT2D eigenvalue weighted by Crippen LogP contribution is -2.48. The molecule has 0 amide bonds. The lowest BCUT2D eigenvalue weighted by atomic mass is 9.95. The Morgan fingerprint density at radius 2 is 1.97 bits per heavy atom. The zero-order valence-electron chi connectivity index (χ0n) is 16.6. The van der Waals surface area contributed by atoms with Crippen molar-refractivity contribution in [3.8, 4) is 11.5 Å². The molecule has 2 aromatic rings. The molecule has 0 spiro atoms. The summed E-state index contributed by atoms with van der Waals surface area (Å²) in [6.45, 7) is 6.63. The van der Waals surface area contributed by atoms with Gasteiger partial charge in [0.05, 0.1) is 17.3 Å². The van der Waals surface area contributed by atoms with Crippen LogP contribution >= 0.6 is 12.2 Å². The second-order valence-electron chi connectivity index (χ2n) is 6.84. The molecule has 0 radical (unpaired) electrons. The Morgan fingerprint density at radius 1 is 1.23 bits per heavy atom. The van der Waals surface area contributed by atoms with Crippen molar-refractivity contribution in [1.82, 2.24) is 5.32 Å². The van der Waals surface area contributed by atoms with Crippen LogP contribution in [0.25, 0.3) is 0 Å². The molecule has 2 aliphatic heterocycles. The largest absolute Gasteiger partial charge is 0.486 e. The van der Waals surface area contributed by atoms with Gasteiger partial charge < -0.3 is 19.5 Å². The molecule has 2 heterocycles. The molecule has 0 saturated carbocycles. The van der Waals surface area contributed by atoms with Gasteiger partial charge in [-0.15, -0.1) is 0 Å². The van der Waals surface area contributed by atoms with Gasteiger partial charge in [-0.25, -0.2) is 4.79 Å². The van der Waals surface area contributed by atoms with E-state index < -0.39 is 12.0 Å². The fraction of sp³-hybridized carbons (Fsp3) is 0.217. The number of anilines is 1. The van der Waals surface area contributed by atoms with Crippen LogP contribution in [0.4, 0.5) is 5.69 Å². The maximum absolute atomic E-state index is 13.0. The van der Waals surface area contributed by atoms with Crippen LogP contribution in [-0.4, -0.2) is 30.9 Å². The summed E-state index contributed by atoms with van der Waals surface area (Å²) >= 11 is 5.69. The maximum atomic E-state index is 13.0.